The SMILES string of the molecule is CCNC(Cc1c(C)nn(C)c1Cl)CN(C)C. The van der Waals surface area contributed by atoms with Crippen LogP contribution in [0, 0.1) is 6.92 Å². The monoisotopic (exact) mass is 258 g/mol. The zero-order valence-electron chi connectivity index (χ0n) is 11.4. The highest BCUT2D eigenvalue weighted by molar-refractivity contribution is 6.30. The minimum atomic E-state index is 0.412. The van der Waals surface area contributed by atoms with Gasteiger partial charge >= 0.3 is 0 Å². The van der Waals surface area contributed by atoms with Crippen LogP contribution in [0.5, 0.6) is 0 Å². The van der Waals surface area contributed by atoms with Gasteiger partial charge in [0.05, 0.1) is 5.69 Å². The summed E-state index contributed by atoms with van der Waals surface area (Å²) < 4.78 is 1.74. The summed E-state index contributed by atoms with van der Waals surface area (Å²) in [5.41, 5.74) is 2.18. The summed E-state index contributed by atoms with van der Waals surface area (Å²) >= 11 is 6.25. The molecule has 0 saturated heterocycles. The molecule has 0 bridgehead atoms. The molecule has 1 unspecified atom stereocenters. The summed E-state index contributed by atoms with van der Waals surface area (Å²) in [7, 11) is 6.05. The number of aromatic nitrogens is 2. The van der Waals surface area contributed by atoms with Crippen molar-refractivity contribution in [2.45, 2.75) is 26.3 Å². The smallest absolute Gasteiger partial charge is 0.130 e. The molecule has 0 fully saturated rings. The van der Waals surface area contributed by atoms with Crippen molar-refractivity contribution in [2.75, 3.05) is 27.2 Å². The Morgan fingerprint density at radius 2 is 2.12 bits per heavy atom. The maximum Gasteiger partial charge on any atom is 0.130 e. The van der Waals surface area contributed by atoms with Crippen molar-refractivity contribution in [1.29, 1.82) is 0 Å². The van der Waals surface area contributed by atoms with E-state index in [1.165, 1.54) is 0 Å². The number of hydrogen-bond donors (Lipinski definition) is 1. The van der Waals surface area contributed by atoms with E-state index in [1.54, 1.807) is 4.68 Å². The third-order valence-corrected chi connectivity index (χ3v) is 3.27. The summed E-state index contributed by atoms with van der Waals surface area (Å²) in [5.74, 6) is 0. The van der Waals surface area contributed by atoms with Gasteiger partial charge in [-0.25, -0.2) is 0 Å². The lowest BCUT2D eigenvalue weighted by atomic mass is 10.1. The molecule has 4 nitrogen and oxygen atoms in total. The molecular formula is C12H23ClN4. The quantitative estimate of drug-likeness (QED) is 0.839. The predicted octanol–water partition coefficient (Wildman–Crippen LogP) is 1.46. The van der Waals surface area contributed by atoms with Gasteiger partial charge in [-0.3, -0.25) is 4.68 Å². The number of halogens is 1. The van der Waals surface area contributed by atoms with Crippen LogP contribution in [0.3, 0.4) is 0 Å². The van der Waals surface area contributed by atoms with Gasteiger partial charge in [-0.15, -0.1) is 0 Å². The predicted molar refractivity (Wildman–Crippen MR) is 72.7 cm³/mol. The van der Waals surface area contributed by atoms with Gasteiger partial charge in [0.2, 0.25) is 0 Å². The Morgan fingerprint density at radius 1 is 1.47 bits per heavy atom. The minimum Gasteiger partial charge on any atom is -0.313 e. The molecule has 1 N–H and O–H groups in total. The van der Waals surface area contributed by atoms with E-state index in [-0.39, 0.29) is 0 Å². The molecular weight excluding hydrogens is 236 g/mol. The Balaban J connectivity index is 2.78. The highest BCUT2D eigenvalue weighted by Gasteiger charge is 2.17. The van der Waals surface area contributed by atoms with Crippen LogP contribution in [0.15, 0.2) is 0 Å². The zero-order chi connectivity index (χ0) is 13.0. The van der Waals surface area contributed by atoms with Gasteiger partial charge in [-0.2, -0.15) is 5.10 Å². The molecule has 98 valence electrons. The second kappa shape index (κ2) is 6.38. The average Bonchev–Trinajstić information content (AvgIpc) is 2.44. The molecule has 0 aliphatic heterocycles. The van der Waals surface area contributed by atoms with Crippen molar-refractivity contribution >= 4 is 11.6 Å². The van der Waals surface area contributed by atoms with Crippen LogP contribution >= 0.6 is 11.6 Å². The lowest BCUT2D eigenvalue weighted by molar-refractivity contribution is 0.339. The summed E-state index contributed by atoms with van der Waals surface area (Å²) in [6.45, 7) is 6.11. The van der Waals surface area contributed by atoms with E-state index in [0.29, 0.717) is 6.04 Å². The van der Waals surface area contributed by atoms with Crippen molar-refractivity contribution < 1.29 is 0 Å². The first-order valence-corrected chi connectivity index (χ1v) is 6.39. The average molecular weight is 259 g/mol. The van der Waals surface area contributed by atoms with Crippen molar-refractivity contribution in [3.05, 3.63) is 16.4 Å². The van der Waals surface area contributed by atoms with Crippen molar-refractivity contribution in [3.63, 3.8) is 0 Å². The van der Waals surface area contributed by atoms with E-state index in [0.717, 1.165) is 35.9 Å². The molecule has 1 aromatic rings. The number of nitrogens with one attached hydrogen (secondary N) is 1. The maximum atomic E-state index is 6.25. The summed E-state index contributed by atoms with van der Waals surface area (Å²) in [6, 6.07) is 0.412. The second-order valence-corrected chi connectivity index (χ2v) is 5.06. The first kappa shape index (κ1) is 14.5. The van der Waals surface area contributed by atoms with Crippen LogP contribution in [-0.4, -0.2) is 47.9 Å². The first-order valence-electron chi connectivity index (χ1n) is 6.01. The lowest BCUT2D eigenvalue weighted by Gasteiger charge is -2.21. The third kappa shape index (κ3) is 3.98. The summed E-state index contributed by atoms with van der Waals surface area (Å²) in [4.78, 5) is 2.19. The van der Waals surface area contributed by atoms with Crippen molar-refractivity contribution in [3.8, 4) is 0 Å². The van der Waals surface area contributed by atoms with Crippen LogP contribution in [-0.2, 0) is 13.5 Å². The number of aryl methyl sites for hydroxylation is 2. The molecule has 0 aliphatic rings. The Morgan fingerprint density at radius 3 is 2.53 bits per heavy atom. The van der Waals surface area contributed by atoms with Crippen LogP contribution in [0.1, 0.15) is 18.2 Å². The molecule has 1 aromatic heterocycles. The molecule has 0 radical (unpaired) electrons. The van der Waals surface area contributed by atoms with Gasteiger partial charge in [-0.1, -0.05) is 18.5 Å². The summed E-state index contributed by atoms with van der Waals surface area (Å²) in [6.07, 6.45) is 0.921. The van der Waals surface area contributed by atoms with Crippen LogP contribution in [0.4, 0.5) is 0 Å². The fourth-order valence-electron chi connectivity index (χ4n) is 2.08. The second-order valence-electron chi connectivity index (χ2n) is 4.70. The van der Waals surface area contributed by atoms with E-state index in [1.807, 2.05) is 14.0 Å². The number of nitrogens with zero attached hydrogens (tertiary/aromatic N) is 3. The Hall–Kier alpha value is -0.580. The topological polar surface area (TPSA) is 33.1 Å². The molecule has 17 heavy (non-hydrogen) atoms. The van der Waals surface area contributed by atoms with Gasteiger partial charge in [0.1, 0.15) is 5.15 Å². The van der Waals surface area contributed by atoms with Crippen molar-refractivity contribution in [1.82, 2.24) is 20.0 Å². The fraction of sp³-hybridized carbons (Fsp3) is 0.750. The van der Waals surface area contributed by atoms with Gasteiger partial charge in [0.15, 0.2) is 0 Å². The Labute approximate surface area is 109 Å². The van der Waals surface area contributed by atoms with E-state index in [9.17, 15) is 0 Å². The zero-order valence-corrected chi connectivity index (χ0v) is 12.2. The van der Waals surface area contributed by atoms with Crippen LogP contribution < -0.4 is 5.32 Å². The molecule has 0 amide bonds. The number of rotatable bonds is 6. The van der Waals surface area contributed by atoms with Crippen LogP contribution in [0.25, 0.3) is 0 Å². The van der Waals surface area contributed by atoms with Crippen molar-refractivity contribution in [2.24, 2.45) is 7.05 Å². The standard InChI is InChI=1S/C12H23ClN4/c1-6-14-10(8-16(3)4)7-11-9(2)15-17(5)12(11)13/h10,14H,6-8H2,1-5H3. The van der Waals surface area contributed by atoms with Gasteiger partial charge < -0.3 is 10.2 Å². The summed E-state index contributed by atoms with van der Waals surface area (Å²) in [5, 5.41) is 8.59. The molecule has 0 saturated carbocycles. The highest BCUT2D eigenvalue weighted by Crippen LogP contribution is 2.20. The Kier molecular flexibility index (Phi) is 5.43. The molecule has 1 rings (SSSR count). The van der Waals surface area contributed by atoms with E-state index in [4.69, 9.17) is 11.6 Å². The maximum absolute atomic E-state index is 6.25. The van der Waals surface area contributed by atoms with Gasteiger partial charge in [-0.05, 0) is 34.0 Å². The third-order valence-electron chi connectivity index (χ3n) is 2.80. The minimum absolute atomic E-state index is 0.412. The van der Waals surface area contributed by atoms with Gasteiger partial charge in [0, 0.05) is 25.2 Å². The molecule has 0 aromatic carbocycles. The number of hydrogen-bond acceptors (Lipinski definition) is 3. The lowest BCUT2D eigenvalue weighted by Crippen LogP contribution is -2.39. The highest BCUT2D eigenvalue weighted by atomic mass is 35.5. The molecule has 1 heterocycles. The van der Waals surface area contributed by atoms with E-state index in [2.05, 4.69) is 36.3 Å². The van der Waals surface area contributed by atoms with E-state index < -0.39 is 0 Å². The van der Waals surface area contributed by atoms with Crippen LogP contribution in [0.2, 0.25) is 5.15 Å². The van der Waals surface area contributed by atoms with Gasteiger partial charge in [0.25, 0.3) is 0 Å². The fourth-order valence-corrected chi connectivity index (χ4v) is 2.33. The number of likely N-dealkylation sites (N-methyl/N-ethyl adjacent to an activating group) is 2. The molecule has 5 heteroatoms. The molecule has 0 aliphatic carbocycles. The Bertz CT molecular complexity index is 360. The molecule has 1 atom stereocenters. The largest absolute Gasteiger partial charge is 0.313 e. The normalized spacial score (nSPS) is 13.4. The first-order chi connectivity index (χ1) is 7.95. The molecule has 0 spiro atoms. The van der Waals surface area contributed by atoms with E-state index >= 15 is 0 Å².